The predicted octanol–water partition coefficient (Wildman–Crippen LogP) is 4.79. The lowest BCUT2D eigenvalue weighted by atomic mass is 9.90. The summed E-state index contributed by atoms with van der Waals surface area (Å²) in [7, 11) is 0. The maximum absolute atomic E-state index is 11.5. The number of esters is 1. The summed E-state index contributed by atoms with van der Waals surface area (Å²) < 4.78 is 10.8. The third-order valence-electron chi connectivity index (χ3n) is 4.88. The van der Waals surface area contributed by atoms with E-state index in [9.17, 15) is 4.79 Å². The van der Waals surface area contributed by atoms with Gasteiger partial charge in [-0.05, 0) is 36.8 Å². The standard InChI is InChI=1S/C22H29N3O3S/c1-2-28-21(26)12-20-16-29-22(24-20)25-23-13-17-8-10-19(11-9-17)15-27-14-18-6-4-3-5-7-18/h8-11,13,16,18H,2-7,12,14-15H2,1H3,(H,24,25). The number of carbonyl (C=O) groups excluding carboxylic acids is 1. The molecule has 2 aromatic rings. The van der Waals surface area contributed by atoms with Gasteiger partial charge in [0.15, 0.2) is 0 Å². The second-order valence-electron chi connectivity index (χ2n) is 7.26. The van der Waals surface area contributed by atoms with Crippen LogP contribution >= 0.6 is 11.3 Å². The van der Waals surface area contributed by atoms with Gasteiger partial charge in [-0.3, -0.25) is 10.2 Å². The van der Waals surface area contributed by atoms with Gasteiger partial charge in [0.2, 0.25) is 5.13 Å². The number of nitrogens with zero attached hydrogens (tertiary/aromatic N) is 2. The van der Waals surface area contributed by atoms with Crippen LogP contribution in [0.1, 0.15) is 55.8 Å². The van der Waals surface area contributed by atoms with E-state index in [4.69, 9.17) is 9.47 Å². The molecule has 1 heterocycles. The van der Waals surface area contributed by atoms with Crippen molar-refractivity contribution in [3.05, 3.63) is 46.5 Å². The number of carbonyl (C=O) groups is 1. The molecule has 0 unspecified atom stereocenters. The molecule has 6 nitrogen and oxygen atoms in total. The topological polar surface area (TPSA) is 72.8 Å². The smallest absolute Gasteiger partial charge is 0.311 e. The summed E-state index contributed by atoms with van der Waals surface area (Å²) in [6, 6.07) is 8.20. The third kappa shape index (κ3) is 7.59. The number of aromatic nitrogens is 1. The molecule has 0 spiro atoms. The van der Waals surface area contributed by atoms with Gasteiger partial charge < -0.3 is 9.47 Å². The van der Waals surface area contributed by atoms with Crippen LogP contribution in [-0.2, 0) is 27.3 Å². The van der Waals surface area contributed by atoms with Gasteiger partial charge in [-0.25, -0.2) is 4.98 Å². The van der Waals surface area contributed by atoms with Crippen LogP contribution in [-0.4, -0.2) is 30.4 Å². The average Bonchev–Trinajstić information content (AvgIpc) is 3.17. The normalized spacial score (nSPS) is 14.9. The maximum Gasteiger partial charge on any atom is 0.311 e. The molecule has 1 aliphatic rings. The Morgan fingerprint density at radius 1 is 1.28 bits per heavy atom. The van der Waals surface area contributed by atoms with Crippen molar-refractivity contribution in [1.82, 2.24) is 4.98 Å². The first-order valence-corrected chi connectivity index (χ1v) is 11.2. The van der Waals surface area contributed by atoms with Gasteiger partial charge in [-0.15, -0.1) is 11.3 Å². The fourth-order valence-corrected chi connectivity index (χ4v) is 4.02. The number of nitrogens with one attached hydrogen (secondary N) is 1. The van der Waals surface area contributed by atoms with E-state index in [-0.39, 0.29) is 12.4 Å². The van der Waals surface area contributed by atoms with Crippen molar-refractivity contribution >= 4 is 28.7 Å². The summed E-state index contributed by atoms with van der Waals surface area (Å²) >= 11 is 1.41. The van der Waals surface area contributed by atoms with Crippen LogP contribution in [0, 0.1) is 5.92 Å². The lowest BCUT2D eigenvalue weighted by Gasteiger charge is -2.21. The summed E-state index contributed by atoms with van der Waals surface area (Å²) in [5, 5.41) is 6.70. The van der Waals surface area contributed by atoms with E-state index >= 15 is 0 Å². The Morgan fingerprint density at radius 2 is 2.07 bits per heavy atom. The number of hydrogen-bond acceptors (Lipinski definition) is 7. The molecule has 1 aliphatic carbocycles. The second-order valence-corrected chi connectivity index (χ2v) is 8.11. The maximum atomic E-state index is 11.5. The molecule has 1 saturated carbocycles. The molecule has 0 atom stereocenters. The van der Waals surface area contributed by atoms with Gasteiger partial charge in [0.05, 0.1) is 31.5 Å². The van der Waals surface area contributed by atoms with Gasteiger partial charge in [-0.1, -0.05) is 43.5 Å². The first-order chi connectivity index (χ1) is 14.2. The number of thiazole rings is 1. The molecular weight excluding hydrogens is 386 g/mol. The molecule has 1 aromatic heterocycles. The minimum Gasteiger partial charge on any atom is -0.466 e. The Hall–Kier alpha value is -2.25. The SMILES string of the molecule is CCOC(=O)Cc1csc(NN=Cc2ccc(COCC3CCCCC3)cc2)n1. The van der Waals surface area contributed by atoms with Gasteiger partial charge in [0.1, 0.15) is 0 Å². The van der Waals surface area contributed by atoms with Crippen LogP contribution in [0.25, 0.3) is 0 Å². The summed E-state index contributed by atoms with van der Waals surface area (Å²) in [5.41, 5.74) is 5.76. The average molecular weight is 416 g/mol. The molecule has 7 heteroatoms. The predicted molar refractivity (Wildman–Crippen MR) is 116 cm³/mol. The quantitative estimate of drug-likeness (QED) is 0.343. The first-order valence-electron chi connectivity index (χ1n) is 10.3. The molecule has 156 valence electrons. The highest BCUT2D eigenvalue weighted by Gasteiger charge is 2.13. The van der Waals surface area contributed by atoms with Crippen molar-refractivity contribution in [1.29, 1.82) is 0 Å². The molecular formula is C22H29N3O3S. The molecule has 1 N–H and O–H groups in total. The molecule has 29 heavy (non-hydrogen) atoms. The van der Waals surface area contributed by atoms with Crippen LogP contribution in [0.5, 0.6) is 0 Å². The van der Waals surface area contributed by atoms with Crippen molar-refractivity contribution in [2.24, 2.45) is 11.0 Å². The van der Waals surface area contributed by atoms with E-state index in [2.05, 4.69) is 27.6 Å². The molecule has 1 aromatic carbocycles. The molecule has 0 radical (unpaired) electrons. The molecule has 3 rings (SSSR count). The second kappa shape index (κ2) is 11.7. The monoisotopic (exact) mass is 415 g/mol. The van der Waals surface area contributed by atoms with E-state index in [0.717, 1.165) is 18.1 Å². The number of anilines is 1. The molecule has 0 amide bonds. The largest absolute Gasteiger partial charge is 0.466 e. The number of ether oxygens (including phenoxy) is 2. The van der Waals surface area contributed by atoms with E-state index < -0.39 is 0 Å². The van der Waals surface area contributed by atoms with Crippen LogP contribution in [0.15, 0.2) is 34.7 Å². The van der Waals surface area contributed by atoms with Crippen LogP contribution in [0.2, 0.25) is 0 Å². The Kier molecular flexibility index (Phi) is 8.64. The lowest BCUT2D eigenvalue weighted by Crippen LogP contribution is -2.13. The highest BCUT2D eigenvalue weighted by molar-refractivity contribution is 7.13. The molecule has 0 saturated heterocycles. The Labute approximate surface area is 176 Å². The molecule has 0 aliphatic heterocycles. The zero-order chi connectivity index (χ0) is 20.3. The number of rotatable bonds is 10. The Balaban J connectivity index is 1.39. The molecule has 1 fully saturated rings. The van der Waals surface area contributed by atoms with E-state index in [0.29, 0.717) is 24.0 Å². The Morgan fingerprint density at radius 3 is 2.83 bits per heavy atom. The number of hydrogen-bond donors (Lipinski definition) is 1. The van der Waals surface area contributed by atoms with Gasteiger partial charge in [0.25, 0.3) is 0 Å². The van der Waals surface area contributed by atoms with Gasteiger partial charge in [-0.2, -0.15) is 5.10 Å². The van der Waals surface area contributed by atoms with E-state index in [1.165, 1.54) is 49.0 Å². The number of hydrazone groups is 1. The fraction of sp³-hybridized carbons (Fsp3) is 0.500. The highest BCUT2D eigenvalue weighted by Crippen LogP contribution is 2.24. The minimum atomic E-state index is -0.268. The van der Waals surface area contributed by atoms with Gasteiger partial charge >= 0.3 is 5.97 Å². The van der Waals surface area contributed by atoms with E-state index in [1.807, 2.05) is 17.5 Å². The first kappa shape index (κ1) is 21.5. The lowest BCUT2D eigenvalue weighted by molar-refractivity contribution is -0.142. The number of benzene rings is 1. The zero-order valence-corrected chi connectivity index (χ0v) is 17.7. The fourth-order valence-electron chi connectivity index (χ4n) is 3.36. The van der Waals surface area contributed by atoms with Crippen LogP contribution < -0.4 is 5.43 Å². The van der Waals surface area contributed by atoms with E-state index in [1.54, 1.807) is 13.1 Å². The third-order valence-corrected chi connectivity index (χ3v) is 5.68. The Bertz CT molecular complexity index is 783. The van der Waals surface area contributed by atoms with Crippen LogP contribution in [0.3, 0.4) is 0 Å². The van der Waals surface area contributed by atoms with Crippen molar-refractivity contribution in [3.8, 4) is 0 Å². The molecule has 0 bridgehead atoms. The van der Waals surface area contributed by atoms with Crippen molar-refractivity contribution in [3.63, 3.8) is 0 Å². The highest BCUT2D eigenvalue weighted by atomic mass is 32.1. The summed E-state index contributed by atoms with van der Waals surface area (Å²) in [4.78, 5) is 15.8. The van der Waals surface area contributed by atoms with Crippen LogP contribution in [0.4, 0.5) is 5.13 Å². The zero-order valence-electron chi connectivity index (χ0n) is 16.9. The van der Waals surface area contributed by atoms with Crippen molar-refractivity contribution in [2.75, 3.05) is 18.6 Å². The summed E-state index contributed by atoms with van der Waals surface area (Å²) in [5.74, 6) is 0.473. The van der Waals surface area contributed by atoms with Gasteiger partial charge in [0, 0.05) is 12.0 Å². The summed E-state index contributed by atoms with van der Waals surface area (Å²) in [6.45, 7) is 3.70. The van der Waals surface area contributed by atoms with Crippen molar-refractivity contribution in [2.45, 2.75) is 52.1 Å². The summed E-state index contributed by atoms with van der Waals surface area (Å²) in [6.07, 6.45) is 8.63. The minimum absolute atomic E-state index is 0.181. The van der Waals surface area contributed by atoms with Crippen molar-refractivity contribution < 1.29 is 14.3 Å².